The molecule has 0 bridgehead atoms. The largest absolute Gasteiger partial charge is 0.466 e. The molecule has 0 rings (SSSR count). The van der Waals surface area contributed by atoms with Crippen LogP contribution in [0.3, 0.4) is 0 Å². The number of hydrogen-bond donors (Lipinski definition) is 3. The van der Waals surface area contributed by atoms with Crippen molar-refractivity contribution in [1.82, 2.24) is 0 Å². The first-order chi connectivity index (χ1) is 11.4. The van der Waals surface area contributed by atoms with Crippen molar-refractivity contribution in [2.45, 2.75) is 115 Å². The third-order valence-corrected chi connectivity index (χ3v) is 4.31. The van der Waals surface area contributed by atoms with Crippen molar-refractivity contribution in [3.8, 4) is 0 Å². The predicted molar refractivity (Wildman–Crippen MR) is 98.6 cm³/mol. The summed E-state index contributed by atoms with van der Waals surface area (Å²) in [5, 5.41) is 0.998. The van der Waals surface area contributed by atoms with E-state index >= 15 is 0 Å². The Morgan fingerprint density at radius 3 is 1.00 bits per heavy atom. The Kier molecular flexibility index (Phi) is 24.2. The molecule has 0 aliphatic carbocycles. The zero-order valence-electron chi connectivity index (χ0n) is 15.5. The SMILES string of the molecule is CCCCCCCCCCCCCCCCC[CH2][Ni].O=P(O)(O)O. The van der Waals surface area contributed by atoms with Crippen LogP contribution < -0.4 is 0 Å². The molecule has 0 unspecified atom stereocenters. The Hall–Kier alpha value is 0.604. The summed E-state index contributed by atoms with van der Waals surface area (Å²) >= 11 is 4.69. The van der Waals surface area contributed by atoms with Gasteiger partial charge in [-0.1, -0.05) is 39.0 Å². The molecule has 6 heteroatoms. The van der Waals surface area contributed by atoms with Crippen LogP contribution in [0, 0.1) is 0 Å². The molecule has 0 spiro atoms. The summed E-state index contributed by atoms with van der Waals surface area (Å²) in [5.74, 6) is 0. The first-order valence-corrected chi connectivity index (χ1v) is 12.0. The van der Waals surface area contributed by atoms with Crippen molar-refractivity contribution in [3.63, 3.8) is 0 Å². The molecule has 0 aliphatic rings. The molecule has 0 saturated carbocycles. The van der Waals surface area contributed by atoms with Crippen LogP contribution >= 0.6 is 7.82 Å². The van der Waals surface area contributed by atoms with Crippen molar-refractivity contribution in [2.75, 3.05) is 0 Å². The van der Waals surface area contributed by atoms with Crippen LogP contribution in [-0.4, -0.2) is 14.7 Å². The van der Waals surface area contributed by atoms with Gasteiger partial charge in [-0.3, -0.25) is 0 Å². The second kappa shape index (κ2) is 21.6. The molecule has 24 heavy (non-hydrogen) atoms. The Morgan fingerprint density at radius 1 is 0.583 bits per heavy atom. The maximum Gasteiger partial charge on any atom is 0.466 e. The van der Waals surface area contributed by atoms with Crippen LogP contribution in [0.25, 0.3) is 0 Å². The van der Waals surface area contributed by atoms with Crippen LogP contribution in [0.4, 0.5) is 0 Å². The van der Waals surface area contributed by atoms with Crippen LogP contribution in [0.15, 0.2) is 0 Å². The van der Waals surface area contributed by atoms with Crippen molar-refractivity contribution < 1.29 is 34.7 Å². The molecule has 0 aliphatic heterocycles. The molecular weight excluding hydrogens is 370 g/mol. The van der Waals surface area contributed by atoms with E-state index in [0.29, 0.717) is 0 Å². The minimum Gasteiger partial charge on any atom is -0.303 e. The second-order valence-corrected chi connectivity index (χ2v) is 8.00. The van der Waals surface area contributed by atoms with E-state index in [1.807, 2.05) is 0 Å². The van der Waals surface area contributed by atoms with Gasteiger partial charge in [-0.25, -0.2) is 4.57 Å². The molecule has 0 atom stereocenters. The van der Waals surface area contributed by atoms with E-state index in [1.165, 1.54) is 103 Å². The Bertz CT molecular complexity index is 247. The van der Waals surface area contributed by atoms with Gasteiger partial charge >= 0.3 is 99.3 Å². The van der Waals surface area contributed by atoms with E-state index in [9.17, 15) is 0 Å². The van der Waals surface area contributed by atoms with Gasteiger partial charge in [-0.15, -0.1) is 0 Å². The quantitative estimate of drug-likeness (QED) is 0.159. The summed E-state index contributed by atoms with van der Waals surface area (Å²) in [6.45, 7) is 2.29. The summed E-state index contributed by atoms with van der Waals surface area (Å²) in [4.78, 5) is 21.6. The number of phosphoric acid groups is 1. The molecule has 0 fully saturated rings. The van der Waals surface area contributed by atoms with Gasteiger partial charge < -0.3 is 14.7 Å². The maximum atomic E-state index is 8.88. The Balaban J connectivity index is 0. The normalized spacial score (nSPS) is 11.2. The molecule has 0 amide bonds. The fourth-order valence-corrected chi connectivity index (χ4v) is 2.87. The minimum atomic E-state index is -4.64. The van der Waals surface area contributed by atoms with Gasteiger partial charge in [0.25, 0.3) is 0 Å². The van der Waals surface area contributed by atoms with Crippen molar-refractivity contribution in [3.05, 3.63) is 0 Å². The third kappa shape index (κ3) is 38.3. The van der Waals surface area contributed by atoms with E-state index in [2.05, 4.69) is 22.4 Å². The zero-order chi connectivity index (χ0) is 18.5. The van der Waals surface area contributed by atoms with Crippen molar-refractivity contribution >= 4 is 7.82 Å². The molecule has 3 N–H and O–H groups in total. The van der Waals surface area contributed by atoms with Gasteiger partial charge in [0.2, 0.25) is 0 Å². The van der Waals surface area contributed by atoms with E-state index in [0.717, 1.165) is 5.39 Å². The van der Waals surface area contributed by atoms with E-state index < -0.39 is 7.82 Å². The molecule has 0 aromatic rings. The fourth-order valence-electron chi connectivity index (χ4n) is 2.63. The predicted octanol–water partition coefficient (Wildman–Crippen LogP) is 6.28. The average molecular weight is 410 g/mol. The summed E-state index contributed by atoms with van der Waals surface area (Å²) in [6, 6.07) is 0. The first-order valence-electron chi connectivity index (χ1n) is 9.71. The molecule has 0 saturated heterocycles. The Morgan fingerprint density at radius 2 is 0.792 bits per heavy atom. The average Bonchev–Trinajstić information content (AvgIpc) is 2.49. The van der Waals surface area contributed by atoms with E-state index in [-0.39, 0.29) is 0 Å². The molecule has 0 aromatic heterocycles. The number of hydrogen-bond acceptors (Lipinski definition) is 1. The van der Waals surface area contributed by atoms with Crippen LogP contribution in [0.1, 0.15) is 110 Å². The van der Waals surface area contributed by atoms with Crippen LogP contribution in [0.2, 0.25) is 5.39 Å². The monoisotopic (exact) mass is 409 g/mol. The summed E-state index contributed by atoms with van der Waals surface area (Å²) in [7, 11) is -4.64. The van der Waals surface area contributed by atoms with Crippen LogP contribution in [-0.2, 0) is 20.0 Å². The molecule has 0 radical (unpaired) electrons. The van der Waals surface area contributed by atoms with E-state index in [4.69, 9.17) is 19.2 Å². The van der Waals surface area contributed by atoms with E-state index in [1.54, 1.807) is 0 Å². The van der Waals surface area contributed by atoms with Gasteiger partial charge in [-0.05, 0) is 0 Å². The third-order valence-electron chi connectivity index (χ3n) is 3.97. The molecule has 0 heterocycles. The molecule has 0 aromatic carbocycles. The smallest absolute Gasteiger partial charge is 0.303 e. The topological polar surface area (TPSA) is 77.8 Å². The Labute approximate surface area is 157 Å². The molecular formula is C18H40NiO4P. The molecule has 151 valence electrons. The maximum absolute atomic E-state index is 8.88. The summed E-state index contributed by atoms with van der Waals surface area (Å²) in [6.07, 6.45) is 23.0. The zero-order valence-corrected chi connectivity index (χ0v) is 17.4. The van der Waals surface area contributed by atoms with Gasteiger partial charge in [0.05, 0.1) is 0 Å². The second-order valence-electron chi connectivity index (χ2n) is 6.47. The molecule has 4 nitrogen and oxygen atoms in total. The first kappa shape index (κ1) is 26.8. The van der Waals surface area contributed by atoms with Gasteiger partial charge in [0.15, 0.2) is 0 Å². The van der Waals surface area contributed by atoms with Crippen molar-refractivity contribution in [2.24, 2.45) is 0 Å². The van der Waals surface area contributed by atoms with Gasteiger partial charge in [-0.2, -0.15) is 0 Å². The summed E-state index contributed by atoms with van der Waals surface area (Å²) < 4.78 is 8.88. The van der Waals surface area contributed by atoms with Crippen molar-refractivity contribution in [1.29, 1.82) is 0 Å². The standard InChI is InChI=1S/C18H37.Ni.H3O4P/c1-3-5-7-9-11-13-15-17-18-16-14-12-10-8-6-4-2;;1-5(2,3)4/h1,3-18H2,2H3;;(H3,1,2,3,4). The van der Waals surface area contributed by atoms with Crippen LogP contribution in [0.5, 0.6) is 0 Å². The number of rotatable bonds is 16. The fraction of sp³-hybridized carbons (Fsp3) is 1.00. The van der Waals surface area contributed by atoms with Gasteiger partial charge in [0, 0.05) is 0 Å². The number of unbranched alkanes of at least 4 members (excludes halogenated alkanes) is 15. The summed E-state index contributed by atoms with van der Waals surface area (Å²) in [5.41, 5.74) is 0. The minimum absolute atomic E-state index is 0.998. The van der Waals surface area contributed by atoms with Gasteiger partial charge in [0.1, 0.15) is 0 Å².